The molecule has 0 amide bonds. The van der Waals surface area contributed by atoms with Gasteiger partial charge in [0.1, 0.15) is 0 Å². The molecule has 0 aliphatic rings. The van der Waals surface area contributed by atoms with E-state index in [0.717, 1.165) is 28.1 Å². The van der Waals surface area contributed by atoms with Crippen LogP contribution in [0.5, 0.6) is 0 Å². The first-order chi connectivity index (χ1) is 11.8. The van der Waals surface area contributed by atoms with E-state index in [9.17, 15) is 0 Å². The fourth-order valence-electron chi connectivity index (χ4n) is 3.57. The van der Waals surface area contributed by atoms with Gasteiger partial charge in [0.25, 0.3) is 0 Å². The number of nitrogens with one attached hydrogen (secondary N) is 1. The van der Waals surface area contributed by atoms with Crippen molar-refractivity contribution in [2.24, 2.45) is 0 Å². The third kappa shape index (κ3) is 1.97. The molecule has 5 rings (SSSR count). The van der Waals surface area contributed by atoms with Crippen LogP contribution in [0, 0.1) is 0 Å². The Morgan fingerprint density at radius 2 is 1.62 bits per heavy atom. The van der Waals surface area contributed by atoms with Gasteiger partial charge in [-0.15, -0.1) is 0 Å². The molecule has 0 aliphatic heterocycles. The Morgan fingerprint density at radius 3 is 2.50 bits per heavy atom. The average Bonchev–Trinajstić information content (AvgIpc) is 3.18. The highest BCUT2D eigenvalue weighted by Crippen LogP contribution is 2.36. The Morgan fingerprint density at radius 1 is 0.833 bits per heavy atom. The third-order valence-electron chi connectivity index (χ3n) is 4.67. The van der Waals surface area contributed by atoms with Crippen molar-refractivity contribution in [3.63, 3.8) is 0 Å². The second-order valence-corrected chi connectivity index (χ2v) is 6.55. The van der Waals surface area contributed by atoms with Crippen molar-refractivity contribution in [2.45, 2.75) is 6.54 Å². The molecule has 24 heavy (non-hydrogen) atoms. The van der Waals surface area contributed by atoms with E-state index in [1.54, 1.807) is 0 Å². The molecule has 0 bridgehead atoms. The number of H-pyrrole nitrogens is 1. The summed E-state index contributed by atoms with van der Waals surface area (Å²) in [5, 5.41) is 4.36. The summed E-state index contributed by atoms with van der Waals surface area (Å²) < 4.78 is 2.22. The molecule has 116 valence electrons. The summed E-state index contributed by atoms with van der Waals surface area (Å²) in [6, 6.07) is 23.1. The highest BCUT2D eigenvalue weighted by atomic mass is 35.5. The lowest BCUT2D eigenvalue weighted by atomic mass is 10.1. The molecule has 2 heterocycles. The summed E-state index contributed by atoms with van der Waals surface area (Å²) in [6.07, 6.45) is 2.12. The van der Waals surface area contributed by atoms with Crippen molar-refractivity contribution in [3.8, 4) is 0 Å². The topological polar surface area (TPSA) is 20.7 Å². The number of benzene rings is 3. The number of aromatic nitrogens is 2. The number of para-hydroxylation sites is 1. The van der Waals surface area contributed by atoms with Crippen molar-refractivity contribution < 1.29 is 0 Å². The quantitative estimate of drug-likeness (QED) is 0.411. The van der Waals surface area contributed by atoms with Gasteiger partial charge < -0.3 is 9.55 Å². The van der Waals surface area contributed by atoms with Crippen molar-refractivity contribution in [1.29, 1.82) is 0 Å². The van der Waals surface area contributed by atoms with Gasteiger partial charge in [-0.25, -0.2) is 0 Å². The van der Waals surface area contributed by atoms with Gasteiger partial charge in [-0.2, -0.15) is 0 Å². The third-order valence-corrected chi connectivity index (χ3v) is 4.96. The van der Waals surface area contributed by atoms with Gasteiger partial charge in [-0.3, -0.25) is 0 Å². The molecular weight excluding hydrogens is 316 g/mol. The Bertz CT molecular complexity index is 1180. The molecule has 5 aromatic rings. The summed E-state index contributed by atoms with van der Waals surface area (Å²) in [7, 11) is 0. The van der Waals surface area contributed by atoms with Gasteiger partial charge in [-0.05, 0) is 23.8 Å². The van der Waals surface area contributed by atoms with Crippen LogP contribution < -0.4 is 0 Å². The lowest BCUT2D eigenvalue weighted by Gasteiger charge is -2.07. The first-order valence-corrected chi connectivity index (χ1v) is 8.41. The molecular formula is C21H15ClN2. The maximum absolute atomic E-state index is 6.67. The number of aromatic amines is 1. The number of nitrogens with zero attached hydrogens (tertiary/aromatic N) is 1. The fraction of sp³-hybridized carbons (Fsp3) is 0.0476. The normalized spacial score (nSPS) is 11.7. The van der Waals surface area contributed by atoms with Crippen molar-refractivity contribution in [1.82, 2.24) is 9.55 Å². The van der Waals surface area contributed by atoms with Crippen LogP contribution in [0.1, 0.15) is 5.56 Å². The number of halogens is 1. The summed E-state index contributed by atoms with van der Waals surface area (Å²) in [6.45, 7) is 0.815. The largest absolute Gasteiger partial charge is 0.354 e. The molecule has 0 saturated heterocycles. The maximum atomic E-state index is 6.67. The summed E-state index contributed by atoms with van der Waals surface area (Å²) >= 11 is 6.67. The van der Waals surface area contributed by atoms with Gasteiger partial charge in [-0.1, -0.05) is 60.1 Å². The average molecular weight is 331 g/mol. The number of rotatable bonds is 2. The molecule has 0 fully saturated rings. The lowest BCUT2D eigenvalue weighted by molar-refractivity contribution is 0.837. The lowest BCUT2D eigenvalue weighted by Crippen LogP contribution is -1.97. The zero-order valence-electron chi connectivity index (χ0n) is 13.0. The van der Waals surface area contributed by atoms with E-state index in [-0.39, 0.29) is 0 Å². The van der Waals surface area contributed by atoms with Crippen molar-refractivity contribution in [3.05, 3.63) is 83.5 Å². The van der Waals surface area contributed by atoms with Crippen LogP contribution in [0.25, 0.3) is 32.7 Å². The number of hydrogen-bond donors (Lipinski definition) is 1. The van der Waals surface area contributed by atoms with Crippen LogP contribution in [0.15, 0.2) is 72.9 Å². The molecule has 2 aromatic heterocycles. The minimum Gasteiger partial charge on any atom is -0.354 e. The van der Waals surface area contributed by atoms with Crippen LogP contribution in [0.4, 0.5) is 0 Å². The molecule has 2 nitrogen and oxygen atoms in total. The Kier molecular flexibility index (Phi) is 2.94. The minimum absolute atomic E-state index is 0.795. The smallest absolute Gasteiger partial charge is 0.0694 e. The van der Waals surface area contributed by atoms with Gasteiger partial charge in [0.2, 0.25) is 0 Å². The van der Waals surface area contributed by atoms with Crippen LogP contribution in [0.3, 0.4) is 0 Å². The molecule has 3 aromatic carbocycles. The summed E-state index contributed by atoms with van der Waals surface area (Å²) in [5.41, 5.74) is 4.65. The van der Waals surface area contributed by atoms with Crippen LogP contribution >= 0.6 is 11.6 Å². The highest BCUT2D eigenvalue weighted by molar-refractivity contribution is 6.38. The monoisotopic (exact) mass is 330 g/mol. The van der Waals surface area contributed by atoms with E-state index in [1.165, 1.54) is 21.7 Å². The Balaban J connectivity index is 1.79. The van der Waals surface area contributed by atoms with Crippen molar-refractivity contribution >= 4 is 44.3 Å². The summed E-state index contributed by atoms with van der Waals surface area (Å²) in [4.78, 5) is 3.55. The predicted molar refractivity (Wildman–Crippen MR) is 102 cm³/mol. The minimum atomic E-state index is 0.795. The molecule has 0 aliphatic carbocycles. The van der Waals surface area contributed by atoms with Gasteiger partial charge in [0.15, 0.2) is 0 Å². The molecule has 0 unspecified atom stereocenters. The standard InChI is InChI=1S/C21H15ClN2/c22-18-12-17-15-8-4-5-9-19(15)23-20(17)16-10-11-24(21(16)18)13-14-6-2-1-3-7-14/h1-12,23H,13H2. The van der Waals surface area contributed by atoms with Crippen molar-refractivity contribution in [2.75, 3.05) is 0 Å². The molecule has 1 N–H and O–H groups in total. The first kappa shape index (κ1) is 13.7. The molecule has 0 saturated carbocycles. The van der Waals surface area contributed by atoms with Crippen LogP contribution in [-0.2, 0) is 6.54 Å². The second kappa shape index (κ2) is 5.15. The Hall–Kier alpha value is -2.71. The predicted octanol–water partition coefficient (Wildman–Crippen LogP) is 5.98. The molecule has 3 heteroatoms. The fourth-order valence-corrected chi connectivity index (χ4v) is 3.89. The van der Waals surface area contributed by atoms with Gasteiger partial charge >= 0.3 is 0 Å². The van der Waals surface area contributed by atoms with E-state index in [2.05, 4.69) is 76.4 Å². The first-order valence-electron chi connectivity index (χ1n) is 8.03. The van der Waals surface area contributed by atoms with E-state index >= 15 is 0 Å². The molecule has 0 spiro atoms. The number of fused-ring (bicyclic) bond motifs is 5. The van der Waals surface area contributed by atoms with Gasteiger partial charge in [0.05, 0.1) is 16.1 Å². The van der Waals surface area contributed by atoms with Gasteiger partial charge in [0, 0.05) is 34.4 Å². The Labute approximate surface area is 144 Å². The van der Waals surface area contributed by atoms with E-state index in [4.69, 9.17) is 11.6 Å². The van der Waals surface area contributed by atoms with E-state index in [1.807, 2.05) is 6.07 Å². The van der Waals surface area contributed by atoms with Crippen LogP contribution in [0.2, 0.25) is 5.02 Å². The zero-order valence-corrected chi connectivity index (χ0v) is 13.7. The van der Waals surface area contributed by atoms with E-state index < -0.39 is 0 Å². The zero-order chi connectivity index (χ0) is 16.1. The van der Waals surface area contributed by atoms with E-state index in [0.29, 0.717) is 0 Å². The maximum Gasteiger partial charge on any atom is 0.0694 e. The SMILES string of the molecule is Clc1cc2c3ccccc3[nH]c2c2ccn(Cc3ccccc3)c12. The summed E-state index contributed by atoms with van der Waals surface area (Å²) in [5.74, 6) is 0. The molecule has 0 atom stereocenters. The molecule has 0 radical (unpaired) electrons. The van der Waals surface area contributed by atoms with Crippen LogP contribution in [-0.4, -0.2) is 9.55 Å². The highest BCUT2D eigenvalue weighted by Gasteiger charge is 2.13. The second-order valence-electron chi connectivity index (χ2n) is 6.14. The number of hydrogen-bond acceptors (Lipinski definition) is 0.